The van der Waals surface area contributed by atoms with Crippen molar-refractivity contribution < 1.29 is 14.0 Å². The second-order valence-corrected chi connectivity index (χ2v) is 7.91. The molecule has 0 saturated carbocycles. The number of carbonyl (C=O) groups is 2. The number of hydrogen-bond acceptors (Lipinski definition) is 4. The zero-order valence-electron chi connectivity index (χ0n) is 16.9. The number of nitrogens with zero attached hydrogens (tertiary/aromatic N) is 3. The van der Waals surface area contributed by atoms with Gasteiger partial charge in [-0.25, -0.2) is 4.39 Å². The minimum atomic E-state index is -0.716. The molecule has 1 heterocycles. The van der Waals surface area contributed by atoms with E-state index in [4.69, 9.17) is 17.3 Å². The van der Waals surface area contributed by atoms with Gasteiger partial charge in [-0.15, -0.1) is 0 Å². The molecule has 2 aromatic carbocycles. The minimum Gasteiger partial charge on any atom is -0.364 e. The van der Waals surface area contributed by atoms with Crippen molar-refractivity contribution in [2.75, 3.05) is 0 Å². The first-order chi connectivity index (χ1) is 15.4. The molecule has 3 aromatic rings. The topological polar surface area (TPSA) is 100 Å². The van der Waals surface area contributed by atoms with Gasteiger partial charge in [0.05, 0.1) is 23.2 Å². The van der Waals surface area contributed by atoms with Gasteiger partial charge in [0.15, 0.2) is 0 Å². The van der Waals surface area contributed by atoms with Crippen LogP contribution in [-0.2, 0) is 13.0 Å². The maximum Gasteiger partial charge on any atom is 0.267 e. The third kappa shape index (κ3) is 3.93. The normalized spacial score (nSPS) is 14.5. The van der Waals surface area contributed by atoms with E-state index < -0.39 is 23.7 Å². The van der Waals surface area contributed by atoms with E-state index >= 15 is 0 Å². The molecule has 1 atom stereocenters. The van der Waals surface area contributed by atoms with Crippen LogP contribution in [0, 0.1) is 17.1 Å². The predicted molar refractivity (Wildman–Crippen MR) is 116 cm³/mol. The molecule has 6 nitrogen and oxygen atoms in total. The number of nitriles is 1. The highest BCUT2D eigenvalue weighted by molar-refractivity contribution is 6.30. The van der Waals surface area contributed by atoms with Gasteiger partial charge >= 0.3 is 0 Å². The van der Waals surface area contributed by atoms with Crippen molar-refractivity contribution in [3.05, 3.63) is 99.1 Å². The number of rotatable bonds is 5. The van der Waals surface area contributed by atoms with Crippen molar-refractivity contribution in [1.82, 2.24) is 9.88 Å². The second kappa shape index (κ2) is 8.77. The van der Waals surface area contributed by atoms with Gasteiger partial charge in [0.25, 0.3) is 11.8 Å². The van der Waals surface area contributed by atoms with Crippen LogP contribution in [0.3, 0.4) is 0 Å². The Hall–Kier alpha value is -3.76. The van der Waals surface area contributed by atoms with Gasteiger partial charge in [0, 0.05) is 23.3 Å². The van der Waals surface area contributed by atoms with E-state index in [1.165, 1.54) is 17.2 Å². The molecule has 0 bridgehead atoms. The van der Waals surface area contributed by atoms with Crippen molar-refractivity contribution in [3.63, 3.8) is 0 Å². The molecule has 8 heteroatoms. The Kier molecular flexibility index (Phi) is 5.89. The van der Waals surface area contributed by atoms with Gasteiger partial charge in [-0.3, -0.25) is 14.6 Å². The van der Waals surface area contributed by atoms with Crippen molar-refractivity contribution in [3.8, 4) is 6.07 Å². The third-order valence-corrected chi connectivity index (χ3v) is 5.82. The zero-order chi connectivity index (χ0) is 22.8. The Morgan fingerprint density at radius 3 is 2.78 bits per heavy atom. The molecule has 1 aliphatic carbocycles. The van der Waals surface area contributed by atoms with Crippen LogP contribution in [-0.4, -0.2) is 21.7 Å². The van der Waals surface area contributed by atoms with Crippen LogP contribution in [0.1, 0.15) is 55.6 Å². The van der Waals surface area contributed by atoms with E-state index in [1.807, 2.05) is 6.07 Å². The molecule has 2 amide bonds. The predicted octanol–water partition coefficient (Wildman–Crippen LogP) is 4.17. The summed E-state index contributed by atoms with van der Waals surface area (Å²) in [5, 5.41) is 9.73. The molecular weight excluding hydrogens is 431 g/mol. The van der Waals surface area contributed by atoms with E-state index in [0.29, 0.717) is 29.5 Å². The van der Waals surface area contributed by atoms with Gasteiger partial charge in [-0.05, 0) is 54.3 Å². The lowest BCUT2D eigenvalue weighted by molar-refractivity contribution is 0.0655. The van der Waals surface area contributed by atoms with Gasteiger partial charge in [-0.2, -0.15) is 5.26 Å². The Labute approximate surface area is 189 Å². The number of carbonyl (C=O) groups excluding carboxylic acids is 2. The van der Waals surface area contributed by atoms with E-state index in [2.05, 4.69) is 4.98 Å². The molecular formula is C24H18ClFN4O2. The molecule has 1 aliphatic rings. The number of primary amides is 1. The fourth-order valence-electron chi connectivity index (χ4n) is 4.16. The highest BCUT2D eigenvalue weighted by atomic mass is 35.5. The number of benzene rings is 2. The second-order valence-electron chi connectivity index (χ2n) is 7.48. The zero-order valence-corrected chi connectivity index (χ0v) is 17.6. The number of fused-ring (bicyclic) bond motifs is 1. The Bertz CT molecular complexity index is 1270. The smallest absolute Gasteiger partial charge is 0.267 e. The number of amides is 2. The van der Waals surface area contributed by atoms with Gasteiger partial charge < -0.3 is 10.6 Å². The number of hydrogen-bond donors (Lipinski definition) is 1. The first-order valence-corrected chi connectivity index (χ1v) is 10.3. The SMILES string of the molecule is N#Cc1ccccc1C(=O)N(Cc1cccnc1C(N)=O)[C@@H]1CCc2c(F)cc(Cl)cc21. The van der Waals surface area contributed by atoms with Crippen LogP contribution >= 0.6 is 11.6 Å². The van der Waals surface area contributed by atoms with Crippen LogP contribution in [0.2, 0.25) is 5.02 Å². The maximum absolute atomic E-state index is 14.5. The third-order valence-electron chi connectivity index (χ3n) is 5.60. The molecule has 0 spiro atoms. The Balaban J connectivity index is 1.83. The first-order valence-electron chi connectivity index (χ1n) is 9.92. The lowest BCUT2D eigenvalue weighted by atomic mass is 10.0. The average Bonchev–Trinajstić information content (AvgIpc) is 3.21. The van der Waals surface area contributed by atoms with Crippen LogP contribution in [0.25, 0.3) is 0 Å². The average molecular weight is 449 g/mol. The quantitative estimate of drug-likeness (QED) is 0.632. The fourth-order valence-corrected chi connectivity index (χ4v) is 4.38. The molecule has 0 fully saturated rings. The summed E-state index contributed by atoms with van der Waals surface area (Å²) in [6.07, 6.45) is 2.35. The lowest BCUT2D eigenvalue weighted by Crippen LogP contribution is -2.35. The largest absolute Gasteiger partial charge is 0.364 e. The van der Waals surface area contributed by atoms with Crippen LogP contribution < -0.4 is 5.73 Å². The van der Waals surface area contributed by atoms with Gasteiger partial charge in [0.2, 0.25) is 0 Å². The Morgan fingerprint density at radius 2 is 2.03 bits per heavy atom. The summed E-state index contributed by atoms with van der Waals surface area (Å²) in [6, 6.07) is 14.2. The summed E-state index contributed by atoms with van der Waals surface area (Å²) in [5.74, 6) is -1.55. The molecule has 0 radical (unpaired) electrons. The number of pyridine rings is 1. The van der Waals surface area contributed by atoms with Crippen molar-refractivity contribution in [1.29, 1.82) is 5.26 Å². The van der Waals surface area contributed by atoms with Crippen LogP contribution in [0.5, 0.6) is 0 Å². The number of halogens is 2. The van der Waals surface area contributed by atoms with Crippen molar-refractivity contribution in [2.45, 2.75) is 25.4 Å². The summed E-state index contributed by atoms with van der Waals surface area (Å²) in [7, 11) is 0. The van der Waals surface area contributed by atoms with E-state index in [-0.39, 0.29) is 28.4 Å². The Morgan fingerprint density at radius 1 is 1.25 bits per heavy atom. The maximum atomic E-state index is 14.5. The summed E-state index contributed by atoms with van der Waals surface area (Å²) in [6.45, 7) is 0.00293. The molecule has 1 aromatic heterocycles. The lowest BCUT2D eigenvalue weighted by Gasteiger charge is -2.31. The summed E-state index contributed by atoms with van der Waals surface area (Å²) >= 11 is 6.11. The minimum absolute atomic E-state index is 0.00293. The van der Waals surface area contributed by atoms with Crippen molar-refractivity contribution in [2.24, 2.45) is 5.73 Å². The van der Waals surface area contributed by atoms with E-state index in [9.17, 15) is 19.2 Å². The van der Waals surface area contributed by atoms with Crippen molar-refractivity contribution >= 4 is 23.4 Å². The standard InChI is InChI=1S/C24H18ClFN4O2/c25-16-10-19-18(20(26)11-16)7-8-21(19)30(13-15-5-3-9-29-22(15)23(28)31)24(32)17-6-2-1-4-14(17)12-27/h1-6,9-11,21H,7-8,13H2,(H2,28,31)/t21-/m1/s1. The molecule has 2 N–H and O–H groups in total. The van der Waals surface area contributed by atoms with Crippen LogP contribution in [0.4, 0.5) is 4.39 Å². The van der Waals surface area contributed by atoms with Crippen LogP contribution in [0.15, 0.2) is 54.7 Å². The molecule has 4 rings (SSSR count). The molecule has 0 aliphatic heterocycles. The summed E-state index contributed by atoms with van der Waals surface area (Å²) < 4.78 is 14.5. The van der Waals surface area contributed by atoms with Gasteiger partial charge in [0.1, 0.15) is 11.5 Å². The molecule has 160 valence electrons. The molecule has 0 unspecified atom stereocenters. The van der Waals surface area contributed by atoms with Gasteiger partial charge in [-0.1, -0.05) is 29.8 Å². The summed E-state index contributed by atoms with van der Waals surface area (Å²) in [5.41, 5.74) is 7.54. The first kappa shape index (κ1) is 21.5. The highest BCUT2D eigenvalue weighted by Gasteiger charge is 2.35. The van der Waals surface area contributed by atoms with E-state index in [0.717, 1.165) is 0 Å². The number of aromatic nitrogens is 1. The fraction of sp³-hybridized carbons (Fsp3) is 0.167. The number of nitrogens with two attached hydrogens (primary N) is 1. The van der Waals surface area contributed by atoms with E-state index in [1.54, 1.807) is 42.5 Å². The molecule has 0 saturated heterocycles. The highest BCUT2D eigenvalue weighted by Crippen LogP contribution is 2.40. The summed E-state index contributed by atoms with van der Waals surface area (Å²) in [4.78, 5) is 31.2. The monoisotopic (exact) mass is 448 g/mol. The molecule has 32 heavy (non-hydrogen) atoms.